The third-order valence-electron chi connectivity index (χ3n) is 4.67. The first-order chi connectivity index (χ1) is 14.8. The molecule has 31 heavy (non-hydrogen) atoms. The predicted octanol–water partition coefficient (Wildman–Crippen LogP) is 6.21. The van der Waals surface area contributed by atoms with E-state index in [-0.39, 0.29) is 17.2 Å². The number of rotatable bonds is 8. The summed E-state index contributed by atoms with van der Waals surface area (Å²) in [6.45, 7) is 7.87. The number of nitrogens with zero attached hydrogens (tertiary/aromatic N) is 1. The minimum atomic E-state index is -0.273. The summed E-state index contributed by atoms with van der Waals surface area (Å²) in [5.74, 6) is 0.924. The Labute approximate surface area is 195 Å². The molecule has 1 fully saturated rings. The van der Waals surface area contributed by atoms with Crippen molar-refractivity contribution in [2.24, 2.45) is 0 Å². The maximum Gasteiger partial charge on any atom is 0.293 e. The van der Waals surface area contributed by atoms with Crippen LogP contribution in [0.2, 0.25) is 0 Å². The smallest absolute Gasteiger partial charge is 0.293 e. The van der Waals surface area contributed by atoms with Gasteiger partial charge >= 0.3 is 0 Å². The SMILES string of the molecule is C=CCc1cc(/C=C2/SC(=O)N(C(C)C)C2=O)cc(OC)c1OCc1ccc(Br)cc1. The molecule has 0 bridgehead atoms. The van der Waals surface area contributed by atoms with Gasteiger partial charge in [-0.25, -0.2) is 0 Å². The molecule has 0 aliphatic carbocycles. The van der Waals surface area contributed by atoms with E-state index in [2.05, 4.69) is 22.5 Å². The highest BCUT2D eigenvalue weighted by atomic mass is 79.9. The van der Waals surface area contributed by atoms with Gasteiger partial charge < -0.3 is 9.47 Å². The number of thioether (sulfide) groups is 1. The molecule has 0 N–H and O–H groups in total. The molecule has 1 aliphatic rings. The molecule has 0 atom stereocenters. The lowest BCUT2D eigenvalue weighted by atomic mass is 10.0. The molecule has 162 valence electrons. The van der Waals surface area contributed by atoms with Gasteiger partial charge in [0.2, 0.25) is 0 Å². The Balaban J connectivity index is 1.92. The van der Waals surface area contributed by atoms with Crippen molar-refractivity contribution in [3.8, 4) is 11.5 Å². The van der Waals surface area contributed by atoms with Crippen molar-refractivity contribution in [2.45, 2.75) is 32.9 Å². The Bertz CT molecular complexity index is 1030. The summed E-state index contributed by atoms with van der Waals surface area (Å²) >= 11 is 4.39. The Morgan fingerprint density at radius 2 is 1.90 bits per heavy atom. The normalized spacial score (nSPS) is 15.1. The van der Waals surface area contributed by atoms with Gasteiger partial charge in [0.05, 0.1) is 12.0 Å². The largest absolute Gasteiger partial charge is 0.493 e. The van der Waals surface area contributed by atoms with Crippen molar-refractivity contribution in [1.29, 1.82) is 0 Å². The number of amides is 2. The van der Waals surface area contributed by atoms with Gasteiger partial charge in [-0.3, -0.25) is 14.5 Å². The number of hydrogen-bond acceptors (Lipinski definition) is 5. The molecule has 2 amide bonds. The zero-order valence-corrected chi connectivity index (χ0v) is 20.1. The number of imide groups is 1. The standard InChI is InChI=1S/C24H24BrNO4S/c1-5-6-18-11-17(13-21-23(27)26(15(2)3)24(28)31-21)12-20(29-4)22(18)30-14-16-7-9-19(25)10-8-16/h5,7-13,15H,1,6,14H2,2-4H3/b21-13+. The number of ether oxygens (including phenoxy) is 2. The second-order valence-corrected chi connectivity index (χ2v) is 9.17. The summed E-state index contributed by atoms with van der Waals surface area (Å²) in [4.78, 5) is 26.5. The first kappa shape index (κ1) is 23.2. The van der Waals surface area contributed by atoms with E-state index in [0.29, 0.717) is 29.4 Å². The zero-order valence-electron chi connectivity index (χ0n) is 17.7. The van der Waals surface area contributed by atoms with E-state index in [4.69, 9.17) is 9.47 Å². The molecule has 0 spiro atoms. The second-order valence-electron chi connectivity index (χ2n) is 7.26. The molecular weight excluding hydrogens is 478 g/mol. The Morgan fingerprint density at radius 1 is 1.19 bits per heavy atom. The molecule has 1 aliphatic heterocycles. The van der Waals surface area contributed by atoms with Crippen LogP contribution in [0.15, 0.2) is 58.4 Å². The van der Waals surface area contributed by atoms with Crippen molar-refractivity contribution in [3.05, 3.63) is 75.1 Å². The maximum atomic E-state index is 12.6. The predicted molar refractivity (Wildman–Crippen MR) is 128 cm³/mol. The van der Waals surface area contributed by atoms with Crippen molar-refractivity contribution >= 4 is 44.9 Å². The van der Waals surface area contributed by atoms with Crippen molar-refractivity contribution in [1.82, 2.24) is 4.90 Å². The van der Waals surface area contributed by atoms with E-state index in [1.54, 1.807) is 19.3 Å². The average Bonchev–Trinajstić information content (AvgIpc) is 3.01. The number of benzene rings is 2. The summed E-state index contributed by atoms with van der Waals surface area (Å²) < 4.78 is 12.7. The summed E-state index contributed by atoms with van der Waals surface area (Å²) in [6.07, 6.45) is 4.08. The summed E-state index contributed by atoms with van der Waals surface area (Å²) in [7, 11) is 1.58. The molecule has 2 aromatic rings. The summed E-state index contributed by atoms with van der Waals surface area (Å²) in [5, 5.41) is -0.251. The van der Waals surface area contributed by atoms with Gasteiger partial charge in [-0.15, -0.1) is 6.58 Å². The molecule has 1 heterocycles. The lowest BCUT2D eigenvalue weighted by Crippen LogP contribution is -2.34. The van der Waals surface area contributed by atoms with E-state index < -0.39 is 0 Å². The van der Waals surface area contributed by atoms with Crippen LogP contribution in [0.1, 0.15) is 30.5 Å². The Hall–Kier alpha value is -2.51. The van der Waals surface area contributed by atoms with E-state index in [9.17, 15) is 9.59 Å². The lowest BCUT2D eigenvalue weighted by Gasteiger charge is -2.17. The Morgan fingerprint density at radius 3 is 2.48 bits per heavy atom. The van der Waals surface area contributed by atoms with Crippen molar-refractivity contribution in [2.75, 3.05) is 7.11 Å². The third kappa shape index (κ3) is 5.40. The Kier molecular flexibility index (Phi) is 7.62. The van der Waals surface area contributed by atoms with Crippen LogP contribution in [0.5, 0.6) is 11.5 Å². The van der Waals surface area contributed by atoms with Gasteiger partial charge in [-0.2, -0.15) is 0 Å². The molecule has 2 aromatic carbocycles. The van der Waals surface area contributed by atoms with Crippen molar-refractivity contribution in [3.63, 3.8) is 0 Å². The highest BCUT2D eigenvalue weighted by Crippen LogP contribution is 2.38. The van der Waals surface area contributed by atoms with Gasteiger partial charge in [0.15, 0.2) is 11.5 Å². The first-order valence-electron chi connectivity index (χ1n) is 9.80. The van der Waals surface area contributed by atoms with Gasteiger partial charge in [-0.1, -0.05) is 34.1 Å². The van der Waals surface area contributed by atoms with E-state index >= 15 is 0 Å². The fourth-order valence-electron chi connectivity index (χ4n) is 3.20. The maximum absolute atomic E-state index is 12.6. The first-order valence-corrected chi connectivity index (χ1v) is 11.4. The van der Waals surface area contributed by atoms with Crippen LogP contribution in [-0.2, 0) is 17.8 Å². The van der Waals surface area contributed by atoms with E-state index in [1.807, 2.05) is 50.2 Å². The number of hydrogen-bond donors (Lipinski definition) is 0. The fourth-order valence-corrected chi connectivity index (χ4v) is 4.43. The quantitative estimate of drug-likeness (QED) is 0.317. The third-order valence-corrected chi connectivity index (χ3v) is 6.08. The van der Waals surface area contributed by atoms with Gasteiger partial charge in [0, 0.05) is 16.1 Å². The molecule has 0 saturated carbocycles. The van der Waals surface area contributed by atoms with Gasteiger partial charge in [-0.05, 0) is 73.5 Å². The second kappa shape index (κ2) is 10.2. The van der Waals surface area contributed by atoms with Crippen molar-refractivity contribution < 1.29 is 19.1 Å². The van der Waals surface area contributed by atoms with Crippen LogP contribution in [0, 0.1) is 0 Å². The highest BCUT2D eigenvalue weighted by Gasteiger charge is 2.36. The number of halogens is 1. The van der Waals surface area contributed by atoms with Crippen LogP contribution in [0.25, 0.3) is 6.08 Å². The lowest BCUT2D eigenvalue weighted by molar-refractivity contribution is -0.123. The van der Waals surface area contributed by atoms with E-state index in [1.165, 1.54) is 4.90 Å². The topological polar surface area (TPSA) is 55.8 Å². The number of allylic oxidation sites excluding steroid dienone is 1. The zero-order chi connectivity index (χ0) is 22.5. The molecule has 7 heteroatoms. The van der Waals surface area contributed by atoms with Crippen LogP contribution in [0.3, 0.4) is 0 Å². The van der Waals surface area contributed by atoms with Crippen LogP contribution >= 0.6 is 27.7 Å². The average molecular weight is 502 g/mol. The monoisotopic (exact) mass is 501 g/mol. The highest BCUT2D eigenvalue weighted by molar-refractivity contribution is 9.10. The number of methoxy groups -OCH3 is 1. The molecule has 0 aromatic heterocycles. The molecule has 1 saturated heterocycles. The summed E-state index contributed by atoms with van der Waals surface area (Å²) in [6, 6.07) is 11.5. The minimum Gasteiger partial charge on any atom is -0.493 e. The van der Waals surface area contributed by atoms with Crippen LogP contribution in [-0.4, -0.2) is 29.2 Å². The van der Waals surface area contributed by atoms with Crippen LogP contribution < -0.4 is 9.47 Å². The molecule has 0 unspecified atom stereocenters. The fraction of sp³-hybridized carbons (Fsp3) is 0.250. The number of carbonyl (C=O) groups is 2. The van der Waals surface area contributed by atoms with Gasteiger partial charge in [0.25, 0.3) is 11.1 Å². The molecule has 3 rings (SSSR count). The number of carbonyl (C=O) groups excluding carboxylic acids is 2. The van der Waals surface area contributed by atoms with E-state index in [0.717, 1.165) is 32.9 Å². The minimum absolute atomic E-state index is 0.182. The molecular formula is C24H24BrNO4S. The van der Waals surface area contributed by atoms with Crippen LogP contribution in [0.4, 0.5) is 4.79 Å². The molecule has 0 radical (unpaired) electrons. The summed E-state index contributed by atoms with van der Waals surface area (Å²) in [5.41, 5.74) is 2.68. The molecule has 5 nitrogen and oxygen atoms in total. The van der Waals surface area contributed by atoms with Gasteiger partial charge in [0.1, 0.15) is 6.61 Å².